The van der Waals surface area contributed by atoms with Gasteiger partial charge in [0.1, 0.15) is 0 Å². The summed E-state index contributed by atoms with van der Waals surface area (Å²) < 4.78 is 0. The largest absolute Gasteiger partial charge is 0.239 e. The zero-order valence-corrected chi connectivity index (χ0v) is 4.22. The van der Waals surface area contributed by atoms with Crippen molar-refractivity contribution in [2.75, 3.05) is 0 Å². The average molecular weight is 97.1 g/mol. The van der Waals surface area contributed by atoms with Gasteiger partial charge in [-0.1, -0.05) is 13.0 Å². The van der Waals surface area contributed by atoms with Crippen LogP contribution in [0.5, 0.6) is 0 Å². The quantitative estimate of drug-likeness (QED) is 0.376. The van der Waals surface area contributed by atoms with Crippen molar-refractivity contribution < 1.29 is 4.79 Å². The third-order valence-electron chi connectivity index (χ3n) is 0.468. The molecule has 0 saturated carbocycles. The topological polar surface area (TPSA) is 29.4 Å². The summed E-state index contributed by atoms with van der Waals surface area (Å²) in [5.41, 5.74) is 0. The molecule has 2 heteroatoms. The van der Waals surface area contributed by atoms with Crippen LogP contribution in [0.1, 0.15) is 13.3 Å². The number of allylic oxidation sites excluding steroid dienone is 1. The molecule has 0 aliphatic carbocycles. The summed E-state index contributed by atoms with van der Waals surface area (Å²) >= 11 is 0. The fraction of sp³-hybridized carbons (Fsp3) is 0.400. The van der Waals surface area contributed by atoms with Crippen LogP contribution in [0.4, 0.5) is 0 Å². The van der Waals surface area contributed by atoms with Crippen molar-refractivity contribution >= 4 is 6.08 Å². The normalized spacial score (nSPS) is 8.71. The molecular formula is C5H7NO. The Morgan fingerprint density at radius 2 is 2.57 bits per heavy atom. The van der Waals surface area contributed by atoms with E-state index in [0.29, 0.717) is 0 Å². The van der Waals surface area contributed by atoms with Gasteiger partial charge >= 0.3 is 0 Å². The van der Waals surface area contributed by atoms with Crippen molar-refractivity contribution in [1.82, 2.24) is 0 Å². The summed E-state index contributed by atoms with van der Waals surface area (Å²) in [4.78, 5) is 12.5. The van der Waals surface area contributed by atoms with Crippen LogP contribution in [0.2, 0.25) is 0 Å². The number of isocyanates is 1. The molecule has 0 aromatic rings. The molecule has 0 spiro atoms. The molecule has 0 N–H and O–H groups in total. The van der Waals surface area contributed by atoms with E-state index in [0.717, 1.165) is 6.42 Å². The predicted octanol–water partition coefficient (Wildman–Crippen LogP) is 1.25. The lowest BCUT2D eigenvalue weighted by molar-refractivity contribution is 0.565. The van der Waals surface area contributed by atoms with Crippen molar-refractivity contribution in [3.05, 3.63) is 12.3 Å². The lowest BCUT2D eigenvalue weighted by atomic mass is 10.5. The van der Waals surface area contributed by atoms with Crippen molar-refractivity contribution in [2.24, 2.45) is 4.99 Å². The van der Waals surface area contributed by atoms with Gasteiger partial charge in [0.25, 0.3) is 0 Å². The second-order valence-electron chi connectivity index (χ2n) is 1.01. The predicted molar refractivity (Wildman–Crippen MR) is 27.6 cm³/mol. The van der Waals surface area contributed by atoms with Crippen LogP contribution < -0.4 is 0 Å². The fourth-order valence-corrected chi connectivity index (χ4v) is 0.189. The van der Waals surface area contributed by atoms with Gasteiger partial charge in [0, 0.05) is 6.20 Å². The molecule has 0 amide bonds. The van der Waals surface area contributed by atoms with Gasteiger partial charge in [0.05, 0.1) is 0 Å². The van der Waals surface area contributed by atoms with E-state index in [9.17, 15) is 4.79 Å². The maximum atomic E-state index is 9.34. The molecule has 0 aliphatic rings. The van der Waals surface area contributed by atoms with Crippen molar-refractivity contribution in [3.8, 4) is 0 Å². The van der Waals surface area contributed by atoms with Crippen LogP contribution >= 0.6 is 0 Å². The van der Waals surface area contributed by atoms with Gasteiger partial charge < -0.3 is 0 Å². The van der Waals surface area contributed by atoms with E-state index < -0.39 is 0 Å². The summed E-state index contributed by atoms with van der Waals surface area (Å²) in [6.07, 6.45) is 5.52. The van der Waals surface area contributed by atoms with Gasteiger partial charge in [-0.15, -0.1) is 0 Å². The minimum atomic E-state index is 0.908. The molecule has 0 fully saturated rings. The van der Waals surface area contributed by atoms with Crippen LogP contribution in [-0.4, -0.2) is 6.08 Å². The fourth-order valence-electron chi connectivity index (χ4n) is 0.189. The Hall–Kier alpha value is -0.880. The molecule has 0 unspecified atom stereocenters. The Morgan fingerprint density at radius 3 is 3.00 bits per heavy atom. The number of carbonyl (C=O) groups excluding carboxylic acids is 1. The first-order valence-corrected chi connectivity index (χ1v) is 2.13. The van der Waals surface area contributed by atoms with Gasteiger partial charge in [-0.3, -0.25) is 0 Å². The highest BCUT2D eigenvalue weighted by atomic mass is 16.1. The van der Waals surface area contributed by atoms with E-state index in [2.05, 4.69) is 4.99 Å². The van der Waals surface area contributed by atoms with Crippen molar-refractivity contribution in [2.45, 2.75) is 13.3 Å². The Bertz CT molecular complexity index is 101. The minimum Gasteiger partial charge on any atom is -0.211 e. The molecule has 0 rings (SSSR count). The molecule has 2 nitrogen and oxygen atoms in total. The zero-order valence-electron chi connectivity index (χ0n) is 4.22. The van der Waals surface area contributed by atoms with Crippen LogP contribution in [0.15, 0.2) is 17.3 Å². The monoisotopic (exact) mass is 97.1 g/mol. The molecule has 0 radical (unpaired) electrons. The smallest absolute Gasteiger partial charge is 0.211 e. The van der Waals surface area contributed by atoms with E-state index in [1.807, 2.05) is 6.92 Å². The van der Waals surface area contributed by atoms with Crippen molar-refractivity contribution in [3.63, 3.8) is 0 Å². The van der Waals surface area contributed by atoms with Gasteiger partial charge in [-0.05, 0) is 6.42 Å². The highest BCUT2D eigenvalue weighted by Crippen LogP contribution is 1.76. The molecule has 0 aliphatic heterocycles. The number of aliphatic imine (C=N–C) groups is 1. The zero-order chi connectivity index (χ0) is 5.54. The Morgan fingerprint density at radius 1 is 1.86 bits per heavy atom. The van der Waals surface area contributed by atoms with Gasteiger partial charge in [-0.2, -0.15) is 4.99 Å². The molecule has 0 saturated heterocycles. The SMILES string of the molecule is CCC=CN=C=O. The Labute approximate surface area is 42.6 Å². The number of rotatable bonds is 2. The molecule has 0 heterocycles. The summed E-state index contributed by atoms with van der Waals surface area (Å²) in [6.45, 7) is 1.97. The lowest BCUT2D eigenvalue weighted by Gasteiger charge is -1.66. The molecular weight excluding hydrogens is 90.1 g/mol. The summed E-state index contributed by atoms with van der Waals surface area (Å²) in [5, 5.41) is 0. The average Bonchev–Trinajstić information content (AvgIpc) is 1.69. The molecule has 0 aromatic heterocycles. The van der Waals surface area contributed by atoms with E-state index in [1.165, 1.54) is 12.3 Å². The van der Waals surface area contributed by atoms with Crippen LogP contribution in [-0.2, 0) is 4.79 Å². The second-order valence-corrected chi connectivity index (χ2v) is 1.01. The summed E-state index contributed by atoms with van der Waals surface area (Å²) in [5.74, 6) is 0. The third kappa shape index (κ3) is 5.12. The molecule has 0 bridgehead atoms. The highest BCUT2D eigenvalue weighted by Gasteiger charge is 1.58. The summed E-state index contributed by atoms with van der Waals surface area (Å²) in [7, 11) is 0. The Balaban J connectivity index is 3.27. The Kier molecular flexibility index (Phi) is 4.48. The first-order chi connectivity index (χ1) is 3.41. The van der Waals surface area contributed by atoms with Gasteiger partial charge in [0.2, 0.25) is 6.08 Å². The second kappa shape index (κ2) is 5.12. The standard InChI is InChI=1S/C5H7NO/c1-2-3-4-6-5-7/h3-4H,2H2,1H3. The molecule has 0 atom stereocenters. The summed E-state index contributed by atoms with van der Waals surface area (Å²) in [6, 6.07) is 0. The van der Waals surface area contributed by atoms with Crippen LogP contribution in [0.25, 0.3) is 0 Å². The number of hydrogen-bond acceptors (Lipinski definition) is 2. The lowest BCUT2D eigenvalue weighted by Crippen LogP contribution is -1.49. The van der Waals surface area contributed by atoms with Gasteiger partial charge in [-0.25, -0.2) is 4.79 Å². The highest BCUT2D eigenvalue weighted by molar-refractivity contribution is 5.34. The third-order valence-corrected chi connectivity index (χ3v) is 0.468. The molecule has 7 heavy (non-hydrogen) atoms. The molecule has 38 valence electrons. The van der Waals surface area contributed by atoms with E-state index >= 15 is 0 Å². The minimum absolute atomic E-state index is 0.908. The van der Waals surface area contributed by atoms with E-state index in [1.54, 1.807) is 6.08 Å². The van der Waals surface area contributed by atoms with E-state index in [-0.39, 0.29) is 0 Å². The van der Waals surface area contributed by atoms with E-state index in [4.69, 9.17) is 0 Å². The van der Waals surface area contributed by atoms with Gasteiger partial charge in [0.15, 0.2) is 0 Å². The maximum Gasteiger partial charge on any atom is 0.239 e. The van der Waals surface area contributed by atoms with Crippen LogP contribution in [0.3, 0.4) is 0 Å². The number of hydrogen-bond donors (Lipinski definition) is 0. The molecule has 0 aromatic carbocycles. The number of nitrogens with zero attached hydrogens (tertiary/aromatic N) is 1. The first kappa shape index (κ1) is 6.12. The first-order valence-electron chi connectivity index (χ1n) is 2.13. The van der Waals surface area contributed by atoms with Crippen molar-refractivity contribution in [1.29, 1.82) is 0 Å². The van der Waals surface area contributed by atoms with Crippen LogP contribution in [0, 0.1) is 0 Å². The maximum absolute atomic E-state index is 9.34.